The van der Waals surface area contributed by atoms with E-state index in [2.05, 4.69) is 218 Å². The van der Waals surface area contributed by atoms with Crippen LogP contribution in [0.25, 0.3) is 98.4 Å². The van der Waals surface area contributed by atoms with Gasteiger partial charge in [0.25, 0.3) is 0 Å². The Kier molecular flexibility index (Phi) is 7.26. The summed E-state index contributed by atoms with van der Waals surface area (Å²) in [5, 5.41) is 13.2. The van der Waals surface area contributed by atoms with E-state index in [1.54, 1.807) is 0 Å². The predicted octanol–water partition coefficient (Wildman–Crippen LogP) is 17.3. The molecule has 16 rings (SSSR count). The molecule has 0 saturated carbocycles. The molecule has 0 fully saturated rings. The van der Waals surface area contributed by atoms with Gasteiger partial charge in [-0.2, -0.15) is 0 Å². The van der Waals surface area contributed by atoms with Gasteiger partial charge in [-0.05, 0) is 193 Å². The summed E-state index contributed by atoms with van der Waals surface area (Å²) in [4.78, 5) is 0. The van der Waals surface area contributed by atoms with E-state index < -0.39 is 0 Å². The average Bonchev–Trinajstić information content (AvgIpc) is 4.15. The molecule has 0 nitrogen and oxygen atoms in total. The van der Waals surface area contributed by atoms with Crippen LogP contribution in [0.4, 0.5) is 0 Å². The van der Waals surface area contributed by atoms with Gasteiger partial charge >= 0.3 is 0 Å². The normalized spacial score (nSPS) is 18.2. The summed E-state index contributed by atoms with van der Waals surface area (Å²) in [7, 11) is 0. The van der Waals surface area contributed by atoms with Crippen molar-refractivity contribution in [1.82, 2.24) is 0 Å². The Balaban J connectivity index is 0.932. The maximum Gasteiger partial charge on any atom is 0.0475 e. The Morgan fingerprint density at radius 3 is 1.15 bits per heavy atom. The first-order valence-electron chi connectivity index (χ1n) is 24.6. The fourth-order valence-corrected chi connectivity index (χ4v) is 14.6. The Morgan fingerprint density at radius 2 is 0.662 bits per heavy atom. The highest BCUT2D eigenvalue weighted by atomic mass is 14.5. The van der Waals surface area contributed by atoms with Crippen molar-refractivity contribution in [3.05, 3.63) is 263 Å². The molecule has 12 aromatic carbocycles. The highest BCUT2D eigenvalue weighted by molar-refractivity contribution is 6.26. The van der Waals surface area contributed by atoms with E-state index in [0.29, 0.717) is 0 Å². The van der Waals surface area contributed by atoms with E-state index in [4.69, 9.17) is 0 Å². The Bertz CT molecular complexity index is 3950. The van der Waals surface area contributed by atoms with Crippen LogP contribution in [-0.4, -0.2) is 0 Å². The van der Waals surface area contributed by atoms with Crippen molar-refractivity contribution in [3.63, 3.8) is 0 Å². The van der Waals surface area contributed by atoms with Crippen molar-refractivity contribution >= 4 is 53.9 Å². The van der Waals surface area contributed by atoms with Crippen LogP contribution in [0.5, 0.6) is 0 Å². The highest BCUT2D eigenvalue weighted by Crippen LogP contribution is 2.62. The molecule has 0 bridgehead atoms. The molecule has 316 valence electrons. The topological polar surface area (TPSA) is 0 Å². The molecule has 0 aliphatic heterocycles. The summed E-state index contributed by atoms with van der Waals surface area (Å²) in [6, 6.07) is 84.3. The van der Waals surface area contributed by atoms with Crippen LogP contribution in [0.3, 0.4) is 0 Å². The number of hydrogen-bond donors (Lipinski definition) is 0. The molecule has 0 amide bonds. The SMILES string of the molecule is c1ccc2c(c1)-c1ccc(-c3cc4cc(-c5ccc6c(c5)C5(CCc7ccc8ccccc8c75)c5ccccc5-6)c5ccccc5c4c4ccccc34)cc1C21CCc2ccc3ccccc3c21. The van der Waals surface area contributed by atoms with Crippen LogP contribution >= 0.6 is 0 Å². The summed E-state index contributed by atoms with van der Waals surface area (Å²) in [5.74, 6) is 0. The summed E-state index contributed by atoms with van der Waals surface area (Å²) in [5.41, 5.74) is 22.0. The Hall–Kier alpha value is -8.06. The van der Waals surface area contributed by atoms with Crippen LogP contribution in [0, 0.1) is 0 Å². The van der Waals surface area contributed by atoms with Crippen molar-refractivity contribution < 1.29 is 0 Å². The third-order valence-corrected chi connectivity index (χ3v) is 17.2. The van der Waals surface area contributed by atoms with E-state index >= 15 is 0 Å². The van der Waals surface area contributed by atoms with Gasteiger partial charge in [0, 0.05) is 10.8 Å². The predicted molar refractivity (Wildman–Crippen MR) is 285 cm³/mol. The van der Waals surface area contributed by atoms with Crippen molar-refractivity contribution in [2.75, 3.05) is 0 Å². The lowest BCUT2D eigenvalue weighted by molar-refractivity contribution is 0.630. The number of rotatable bonds is 2. The molecular weight excluding hydrogens is 817 g/mol. The minimum absolute atomic E-state index is 0.204. The third-order valence-electron chi connectivity index (χ3n) is 17.2. The van der Waals surface area contributed by atoms with Crippen molar-refractivity contribution in [3.8, 4) is 44.5 Å². The number of benzene rings is 12. The molecule has 0 heterocycles. The molecular formula is C68H44. The molecule has 4 aliphatic rings. The summed E-state index contributed by atoms with van der Waals surface area (Å²) < 4.78 is 0. The van der Waals surface area contributed by atoms with Gasteiger partial charge in [0.2, 0.25) is 0 Å². The number of hydrogen-bond acceptors (Lipinski definition) is 0. The molecule has 2 atom stereocenters. The molecule has 0 saturated heterocycles. The van der Waals surface area contributed by atoms with Crippen LogP contribution in [0.15, 0.2) is 218 Å². The second-order valence-electron chi connectivity index (χ2n) is 20.1. The molecule has 4 aliphatic carbocycles. The Morgan fingerprint density at radius 1 is 0.265 bits per heavy atom. The standard InChI is InChI=1S/C68H44/c1-3-15-48-41(13-1)25-27-43-33-35-67(65(43)48)60-23-11-9-19-52(60)54-31-29-45(39-62(54)67)58-37-47-38-59(51-18-6-8-22-57(51)64(47)56-21-7-5-17-50(56)58)46-30-32-55-53-20-10-12-24-61(53)68(63(55)40-46)36-34-44-28-26-42-14-2-4-16-49(42)66(44)68/h1-32,37-40H,33-36H2. The minimum atomic E-state index is -0.204. The van der Waals surface area contributed by atoms with Crippen LogP contribution < -0.4 is 0 Å². The van der Waals surface area contributed by atoms with Gasteiger partial charge in [0.05, 0.1) is 0 Å². The summed E-state index contributed by atoms with van der Waals surface area (Å²) in [6.07, 6.45) is 4.30. The average molecular weight is 861 g/mol. The molecule has 2 spiro atoms. The van der Waals surface area contributed by atoms with E-state index in [-0.39, 0.29) is 10.8 Å². The zero-order valence-electron chi connectivity index (χ0n) is 37.6. The zero-order valence-corrected chi connectivity index (χ0v) is 37.6. The van der Waals surface area contributed by atoms with Crippen molar-refractivity contribution in [1.29, 1.82) is 0 Å². The molecule has 0 radical (unpaired) electrons. The second kappa shape index (κ2) is 13.3. The lowest BCUT2D eigenvalue weighted by Gasteiger charge is -2.30. The van der Waals surface area contributed by atoms with Gasteiger partial charge in [0.1, 0.15) is 0 Å². The molecule has 0 heteroatoms. The van der Waals surface area contributed by atoms with Gasteiger partial charge in [-0.15, -0.1) is 0 Å². The van der Waals surface area contributed by atoms with Crippen LogP contribution in [-0.2, 0) is 23.7 Å². The quantitative estimate of drug-likeness (QED) is 0.152. The lowest BCUT2D eigenvalue weighted by atomic mass is 9.71. The number of fused-ring (bicyclic) bond motifs is 23. The van der Waals surface area contributed by atoms with Crippen molar-refractivity contribution in [2.45, 2.75) is 36.5 Å². The summed E-state index contributed by atoms with van der Waals surface area (Å²) in [6.45, 7) is 0. The van der Waals surface area contributed by atoms with E-state index in [1.807, 2.05) is 0 Å². The van der Waals surface area contributed by atoms with Gasteiger partial charge in [-0.1, -0.05) is 194 Å². The fraction of sp³-hybridized carbons (Fsp3) is 0.0882. The van der Waals surface area contributed by atoms with Crippen molar-refractivity contribution in [2.24, 2.45) is 0 Å². The van der Waals surface area contributed by atoms with Crippen LogP contribution in [0.1, 0.15) is 57.3 Å². The largest absolute Gasteiger partial charge is 0.0619 e. The van der Waals surface area contributed by atoms with Gasteiger partial charge in [-0.3, -0.25) is 0 Å². The highest BCUT2D eigenvalue weighted by Gasteiger charge is 2.50. The first kappa shape index (κ1) is 37.1. The van der Waals surface area contributed by atoms with Gasteiger partial charge in [-0.25, -0.2) is 0 Å². The van der Waals surface area contributed by atoms with Gasteiger partial charge < -0.3 is 0 Å². The first-order chi connectivity index (χ1) is 33.7. The Labute approximate surface area is 395 Å². The van der Waals surface area contributed by atoms with E-state index in [1.165, 1.54) is 143 Å². The smallest absolute Gasteiger partial charge is 0.0475 e. The lowest BCUT2D eigenvalue weighted by Crippen LogP contribution is -2.24. The number of aryl methyl sites for hydroxylation is 2. The first-order valence-corrected chi connectivity index (χ1v) is 24.6. The third kappa shape index (κ3) is 4.61. The van der Waals surface area contributed by atoms with Crippen LogP contribution in [0.2, 0.25) is 0 Å². The van der Waals surface area contributed by atoms with Gasteiger partial charge in [0.15, 0.2) is 0 Å². The molecule has 2 unspecified atom stereocenters. The molecule has 12 aromatic rings. The minimum Gasteiger partial charge on any atom is -0.0619 e. The second-order valence-corrected chi connectivity index (χ2v) is 20.1. The van der Waals surface area contributed by atoms with E-state index in [0.717, 1.165) is 25.7 Å². The monoisotopic (exact) mass is 860 g/mol. The molecule has 0 N–H and O–H groups in total. The maximum atomic E-state index is 2.59. The fourth-order valence-electron chi connectivity index (χ4n) is 14.6. The zero-order chi connectivity index (χ0) is 44.3. The molecule has 0 aromatic heterocycles. The summed E-state index contributed by atoms with van der Waals surface area (Å²) >= 11 is 0. The molecule has 68 heavy (non-hydrogen) atoms. The maximum absolute atomic E-state index is 2.59. The van der Waals surface area contributed by atoms with E-state index in [9.17, 15) is 0 Å².